The van der Waals surface area contributed by atoms with Crippen molar-refractivity contribution in [2.24, 2.45) is 4.99 Å². The molecule has 28 heavy (non-hydrogen) atoms. The average Bonchev–Trinajstić information content (AvgIpc) is 2.72. The van der Waals surface area contributed by atoms with Crippen LogP contribution in [0, 0.1) is 0 Å². The lowest BCUT2D eigenvalue weighted by Gasteiger charge is -2.36. The van der Waals surface area contributed by atoms with Crippen molar-refractivity contribution in [2.45, 2.75) is 40.2 Å². The molecule has 1 fully saturated rings. The summed E-state index contributed by atoms with van der Waals surface area (Å²) in [4.78, 5) is 23.3. The van der Waals surface area contributed by atoms with Crippen molar-refractivity contribution in [1.82, 2.24) is 20.0 Å². The van der Waals surface area contributed by atoms with Crippen LogP contribution in [0.2, 0.25) is 0 Å². The van der Waals surface area contributed by atoms with Crippen LogP contribution in [0.15, 0.2) is 35.3 Å². The van der Waals surface area contributed by atoms with Crippen LogP contribution in [0.4, 0.5) is 0 Å². The molecule has 0 spiro atoms. The van der Waals surface area contributed by atoms with Gasteiger partial charge in [0.2, 0.25) is 5.91 Å². The fraction of sp³-hybridized carbons (Fsp3) is 0.636. The van der Waals surface area contributed by atoms with Crippen molar-refractivity contribution in [3.05, 3.63) is 35.9 Å². The summed E-state index contributed by atoms with van der Waals surface area (Å²) in [5.74, 6) is 1.13. The van der Waals surface area contributed by atoms with E-state index in [0.29, 0.717) is 6.04 Å². The van der Waals surface area contributed by atoms with Crippen LogP contribution in [0.3, 0.4) is 0 Å². The summed E-state index contributed by atoms with van der Waals surface area (Å²) in [6.45, 7) is 15.1. The monoisotopic (exact) mass is 387 g/mol. The highest BCUT2D eigenvalue weighted by Crippen LogP contribution is 2.11. The largest absolute Gasteiger partial charge is 0.357 e. The van der Waals surface area contributed by atoms with Crippen LogP contribution < -0.4 is 5.32 Å². The number of hydrogen-bond acceptors (Lipinski definition) is 3. The topological polar surface area (TPSA) is 51.2 Å². The Kier molecular flexibility index (Phi) is 9.28. The maximum Gasteiger partial charge on any atom is 0.219 e. The molecule has 1 heterocycles. The zero-order valence-electron chi connectivity index (χ0n) is 18.0. The van der Waals surface area contributed by atoms with Gasteiger partial charge in [-0.25, -0.2) is 0 Å². The Morgan fingerprint density at radius 2 is 1.68 bits per heavy atom. The predicted octanol–water partition coefficient (Wildman–Crippen LogP) is 2.07. The van der Waals surface area contributed by atoms with E-state index < -0.39 is 0 Å². The molecule has 6 nitrogen and oxygen atoms in total. The normalized spacial score (nSPS) is 16.4. The minimum absolute atomic E-state index is 0.158. The van der Waals surface area contributed by atoms with E-state index in [2.05, 4.69) is 66.2 Å². The van der Waals surface area contributed by atoms with Gasteiger partial charge in [0.15, 0.2) is 5.96 Å². The van der Waals surface area contributed by atoms with Gasteiger partial charge < -0.3 is 15.1 Å². The van der Waals surface area contributed by atoms with Gasteiger partial charge in [0, 0.05) is 45.7 Å². The molecular weight excluding hydrogens is 350 g/mol. The van der Waals surface area contributed by atoms with Crippen LogP contribution in [0.1, 0.15) is 33.3 Å². The van der Waals surface area contributed by atoms with Crippen molar-refractivity contribution in [2.75, 3.05) is 52.4 Å². The molecule has 1 amide bonds. The number of carbonyl (C=O) groups is 1. The summed E-state index contributed by atoms with van der Waals surface area (Å²) >= 11 is 0. The first-order chi connectivity index (χ1) is 13.6. The minimum atomic E-state index is 0.158. The molecule has 0 bridgehead atoms. The molecule has 0 radical (unpaired) electrons. The highest BCUT2D eigenvalue weighted by Gasteiger charge is 2.22. The van der Waals surface area contributed by atoms with Crippen LogP contribution in [0.5, 0.6) is 0 Å². The number of rotatable bonds is 8. The summed E-state index contributed by atoms with van der Waals surface area (Å²) < 4.78 is 0. The van der Waals surface area contributed by atoms with Crippen molar-refractivity contribution in [3.8, 4) is 0 Å². The number of amides is 1. The number of benzene rings is 1. The Bertz CT molecular complexity index is 607. The Hall–Kier alpha value is -2.08. The fourth-order valence-electron chi connectivity index (χ4n) is 3.79. The maximum absolute atomic E-state index is 11.6. The minimum Gasteiger partial charge on any atom is -0.357 e. The maximum atomic E-state index is 11.6. The molecule has 2 rings (SSSR count). The molecule has 1 saturated heterocycles. The van der Waals surface area contributed by atoms with Crippen LogP contribution in [-0.4, -0.2) is 85.0 Å². The second kappa shape index (κ2) is 11.7. The van der Waals surface area contributed by atoms with Crippen molar-refractivity contribution in [1.29, 1.82) is 0 Å². The van der Waals surface area contributed by atoms with Crippen molar-refractivity contribution >= 4 is 11.9 Å². The van der Waals surface area contributed by atoms with Crippen molar-refractivity contribution < 1.29 is 4.79 Å². The molecule has 1 unspecified atom stereocenters. The van der Waals surface area contributed by atoms with Gasteiger partial charge in [-0.2, -0.15) is 0 Å². The predicted molar refractivity (Wildman–Crippen MR) is 117 cm³/mol. The van der Waals surface area contributed by atoms with Gasteiger partial charge in [0.05, 0.1) is 6.54 Å². The lowest BCUT2D eigenvalue weighted by atomic mass is 10.0. The zero-order chi connectivity index (χ0) is 20.4. The highest BCUT2D eigenvalue weighted by atomic mass is 16.2. The molecule has 6 heteroatoms. The van der Waals surface area contributed by atoms with Crippen LogP contribution in [0.25, 0.3) is 0 Å². The third kappa shape index (κ3) is 6.51. The Labute approximate surface area is 170 Å². The summed E-state index contributed by atoms with van der Waals surface area (Å²) in [7, 11) is 0. The number of guanidine groups is 1. The van der Waals surface area contributed by atoms with E-state index in [4.69, 9.17) is 4.99 Å². The summed E-state index contributed by atoms with van der Waals surface area (Å²) in [6, 6.07) is 11.1. The number of nitrogens with zero attached hydrogens (tertiary/aromatic N) is 4. The van der Waals surface area contributed by atoms with Gasteiger partial charge in [0.25, 0.3) is 0 Å². The quantitative estimate of drug-likeness (QED) is 0.548. The van der Waals surface area contributed by atoms with E-state index in [-0.39, 0.29) is 5.91 Å². The number of nitrogens with one attached hydrogen (secondary N) is 1. The fourth-order valence-corrected chi connectivity index (χ4v) is 3.79. The highest BCUT2D eigenvalue weighted by molar-refractivity contribution is 5.80. The summed E-state index contributed by atoms with van der Waals surface area (Å²) in [6.07, 6.45) is 1.00. The van der Waals surface area contributed by atoms with E-state index in [9.17, 15) is 4.79 Å². The second-order valence-electron chi connectivity index (χ2n) is 7.25. The first-order valence-corrected chi connectivity index (χ1v) is 10.7. The third-order valence-corrected chi connectivity index (χ3v) is 5.45. The molecule has 0 saturated carbocycles. The number of piperazine rings is 1. The molecule has 1 atom stereocenters. The first-order valence-electron chi connectivity index (χ1n) is 10.7. The molecule has 0 aliphatic carbocycles. The van der Waals surface area contributed by atoms with Gasteiger partial charge in [-0.15, -0.1) is 0 Å². The van der Waals surface area contributed by atoms with E-state index >= 15 is 0 Å². The molecular formula is C22H37N5O. The smallest absolute Gasteiger partial charge is 0.219 e. The molecule has 1 aromatic carbocycles. The van der Waals surface area contributed by atoms with Gasteiger partial charge in [-0.05, 0) is 32.0 Å². The zero-order valence-corrected chi connectivity index (χ0v) is 18.0. The van der Waals surface area contributed by atoms with E-state index in [1.165, 1.54) is 5.56 Å². The van der Waals surface area contributed by atoms with Gasteiger partial charge >= 0.3 is 0 Å². The number of hydrogen-bond donors (Lipinski definition) is 1. The van der Waals surface area contributed by atoms with Crippen molar-refractivity contribution in [3.63, 3.8) is 0 Å². The molecule has 1 N–H and O–H groups in total. The lowest BCUT2D eigenvalue weighted by molar-refractivity contribution is -0.130. The first kappa shape index (κ1) is 22.2. The number of carbonyl (C=O) groups excluding carboxylic acids is 1. The number of aliphatic imine (C=N–C) groups is 1. The van der Waals surface area contributed by atoms with E-state index in [0.717, 1.165) is 64.7 Å². The molecule has 156 valence electrons. The standard InChI is InChI=1S/C22H37N5O/c1-5-23-22(27-15-13-26(14-16-27)19(4)28)24-18-21(25(6-2)7-3)17-20-11-9-8-10-12-20/h8-12,21H,5-7,13-18H2,1-4H3,(H,23,24). The van der Waals surface area contributed by atoms with Gasteiger partial charge in [-0.1, -0.05) is 44.2 Å². The summed E-state index contributed by atoms with van der Waals surface area (Å²) in [5.41, 5.74) is 1.36. The Morgan fingerprint density at radius 3 is 2.21 bits per heavy atom. The Morgan fingerprint density at radius 1 is 1.07 bits per heavy atom. The van der Waals surface area contributed by atoms with Gasteiger partial charge in [-0.3, -0.25) is 14.7 Å². The average molecular weight is 388 g/mol. The molecule has 1 aliphatic heterocycles. The van der Waals surface area contributed by atoms with Crippen LogP contribution >= 0.6 is 0 Å². The van der Waals surface area contributed by atoms with Crippen LogP contribution in [-0.2, 0) is 11.2 Å². The van der Waals surface area contributed by atoms with E-state index in [1.807, 2.05) is 4.90 Å². The molecule has 1 aliphatic rings. The molecule has 0 aromatic heterocycles. The SMILES string of the molecule is CCNC(=NCC(Cc1ccccc1)N(CC)CC)N1CCN(C(C)=O)CC1. The number of likely N-dealkylation sites (N-methyl/N-ethyl adjacent to an activating group) is 1. The van der Waals surface area contributed by atoms with Gasteiger partial charge in [0.1, 0.15) is 0 Å². The Balaban J connectivity index is 2.08. The second-order valence-corrected chi connectivity index (χ2v) is 7.25. The van der Waals surface area contributed by atoms with E-state index in [1.54, 1.807) is 6.92 Å². The lowest BCUT2D eigenvalue weighted by Crippen LogP contribution is -2.53. The third-order valence-electron chi connectivity index (χ3n) is 5.45. The molecule has 1 aromatic rings. The summed E-state index contributed by atoms with van der Waals surface area (Å²) in [5, 5.41) is 3.44.